The molecular formula is C15H25N3O2. The summed E-state index contributed by atoms with van der Waals surface area (Å²) < 4.78 is 5.03. The zero-order chi connectivity index (χ0) is 14.4. The van der Waals surface area contributed by atoms with Crippen molar-refractivity contribution in [1.82, 2.24) is 10.3 Å². The zero-order valence-electron chi connectivity index (χ0n) is 12.4. The van der Waals surface area contributed by atoms with Crippen molar-refractivity contribution in [2.24, 2.45) is 5.92 Å². The highest BCUT2D eigenvalue weighted by Crippen LogP contribution is 2.24. The predicted octanol–water partition coefficient (Wildman–Crippen LogP) is 1.02. The van der Waals surface area contributed by atoms with Crippen LogP contribution in [0.4, 0.5) is 5.82 Å². The third kappa shape index (κ3) is 3.91. The van der Waals surface area contributed by atoms with Crippen molar-refractivity contribution in [2.75, 3.05) is 38.3 Å². The third-order valence-corrected chi connectivity index (χ3v) is 3.88. The molecule has 5 heteroatoms. The van der Waals surface area contributed by atoms with Crippen LogP contribution in [0.3, 0.4) is 0 Å². The molecule has 2 atom stereocenters. The second-order valence-corrected chi connectivity index (χ2v) is 5.44. The summed E-state index contributed by atoms with van der Waals surface area (Å²) in [6, 6.07) is 4.05. The van der Waals surface area contributed by atoms with E-state index in [1.165, 1.54) is 5.56 Å². The molecule has 0 bridgehead atoms. The third-order valence-electron chi connectivity index (χ3n) is 3.88. The summed E-state index contributed by atoms with van der Waals surface area (Å²) in [5.41, 5.74) is 1.17. The van der Waals surface area contributed by atoms with Gasteiger partial charge in [-0.05, 0) is 18.4 Å². The quantitative estimate of drug-likeness (QED) is 0.762. The van der Waals surface area contributed by atoms with Crippen LogP contribution in [0.1, 0.15) is 18.9 Å². The summed E-state index contributed by atoms with van der Waals surface area (Å²) >= 11 is 0. The maximum absolute atomic E-state index is 10.0. The number of aliphatic hydroxyl groups excluding tert-OH is 1. The molecule has 2 heterocycles. The van der Waals surface area contributed by atoms with Crippen molar-refractivity contribution in [3.05, 3.63) is 23.9 Å². The molecule has 20 heavy (non-hydrogen) atoms. The lowest BCUT2D eigenvalue weighted by atomic mass is 9.96. The van der Waals surface area contributed by atoms with E-state index in [9.17, 15) is 5.11 Å². The van der Waals surface area contributed by atoms with Crippen LogP contribution in [0.2, 0.25) is 0 Å². The Morgan fingerprint density at radius 1 is 1.55 bits per heavy atom. The summed E-state index contributed by atoms with van der Waals surface area (Å²) in [5, 5.41) is 13.4. The number of rotatable bonds is 6. The van der Waals surface area contributed by atoms with E-state index < -0.39 is 0 Å². The molecule has 1 aromatic rings. The van der Waals surface area contributed by atoms with Crippen LogP contribution in [-0.4, -0.2) is 49.5 Å². The molecule has 5 nitrogen and oxygen atoms in total. The van der Waals surface area contributed by atoms with Crippen LogP contribution in [-0.2, 0) is 11.3 Å². The largest absolute Gasteiger partial charge is 0.391 e. The highest BCUT2D eigenvalue weighted by atomic mass is 16.5. The Morgan fingerprint density at radius 2 is 2.40 bits per heavy atom. The van der Waals surface area contributed by atoms with Crippen LogP contribution >= 0.6 is 0 Å². The number of methoxy groups -OCH3 is 1. The van der Waals surface area contributed by atoms with Gasteiger partial charge >= 0.3 is 0 Å². The van der Waals surface area contributed by atoms with Gasteiger partial charge in [0.15, 0.2) is 0 Å². The topological polar surface area (TPSA) is 57.6 Å². The van der Waals surface area contributed by atoms with Crippen molar-refractivity contribution >= 4 is 5.82 Å². The molecule has 2 N–H and O–H groups in total. The Hall–Kier alpha value is -1.17. The molecule has 0 aromatic carbocycles. The Balaban J connectivity index is 2.00. The Kier molecular flexibility index (Phi) is 5.76. The average molecular weight is 279 g/mol. The minimum Gasteiger partial charge on any atom is -0.391 e. The lowest BCUT2D eigenvalue weighted by molar-refractivity contribution is 0.102. The summed E-state index contributed by atoms with van der Waals surface area (Å²) in [4.78, 5) is 6.70. The van der Waals surface area contributed by atoms with Crippen molar-refractivity contribution in [2.45, 2.75) is 26.0 Å². The smallest absolute Gasteiger partial charge is 0.133 e. The van der Waals surface area contributed by atoms with Gasteiger partial charge in [-0.1, -0.05) is 13.0 Å². The number of β-amino-alcohol motifs (C(OH)–C–C–N with tert-alkyl or cyclic N) is 1. The number of nitrogens with zero attached hydrogens (tertiary/aromatic N) is 2. The summed E-state index contributed by atoms with van der Waals surface area (Å²) in [5.74, 6) is 1.36. The number of anilines is 1. The van der Waals surface area contributed by atoms with Gasteiger partial charge < -0.3 is 20.1 Å². The van der Waals surface area contributed by atoms with Gasteiger partial charge in [-0.25, -0.2) is 4.98 Å². The van der Waals surface area contributed by atoms with Crippen LogP contribution < -0.4 is 10.2 Å². The van der Waals surface area contributed by atoms with Crippen LogP contribution in [0.15, 0.2) is 18.3 Å². The van der Waals surface area contributed by atoms with E-state index >= 15 is 0 Å². The maximum Gasteiger partial charge on any atom is 0.133 e. The maximum atomic E-state index is 10.0. The molecule has 0 aliphatic carbocycles. The van der Waals surface area contributed by atoms with Crippen molar-refractivity contribution in [1.29, 1.82) is 0 Å². The number of pyridine rings is 1. The minimum atomic E-state index is -0.264. The van der Waals surface area contributed by atoms with E-state index in [4.69, 9.17) is 4.74 Å². The molecule has 1 aromatic heterocycles. The zero-order valence-corrected chi connectivity index (χ0v) is 12.4. The van der Waals surface area contributed by atoms with Crippen molar-refractivity contribution in [3.8, 4) is 0 Å². The van der Waals surface area contributed by atoms with E-state index in [2.05, 4.69) is 28.2 Å². The van der Waals surface area contributed by atoms with Crippen molar-refractivity contribution < 1.29 is 9.84 Å². The summed E-state index contributed by atoms with van der Waals surface area (Å²) in [7, 11) is 1.70. The lowest BCUT2D eigenvalue weighted by Gasteiger charge is -2.36. The molecule has 2 rings (SSSR count). The predicted molar refractivity (Wildman–Crippen MR) is 79.8 cm³/mol. The Bertz CT molecular complexity index is 414. The molecule has 1 saturated heterocycles. The number of aliphatic hydroxyl groups is 1. The molecular weight excluding hydrogens is 254 g/mol. The van der Waals surface area contributed by atoms with Gasteiger partial charge in [0.1, 0.15) is 5.82 Å². The highest BCUT2D eigenvalue weighted by molar-refractivity contribution is 5.47. The molecule has 0 saturated carbocycles. The van der Waals surface area contributed by atoms with Gasteiger partial charge in [0.05, 0.1) is 12.7 Å². The summed E-state index contributed by atoms with van der Waals surface area (Å²) in [6.45, 7) is 6.03. The number of aromatic nitrogens is 1. The first kappa shape index (κ1) is 15.2. The van der Waals surface area contributed by atoms with Gasteiger partial charge in [-0.3, -0.25) is 0 Å². The van der Waals surface area contributed by atoms with Crippen LogP contribution in [0, 0.1) is 5.92 Å². The number of hydrogen-bond acceptors (Lipinski definition) is 5. The number of nitrogens with one attached hydrogen (secondary N) is 1. The van der Waals surface area contributed by atoms with Gasteiger partial charge in [0, 0.05) is 45.0 Å². The fourth-order valence-corrected chi connectivity index (χ4v) is 2.49. The SMILES string of the molecule is COCCNCc1cccnc1N1CCC(C)C(O)C1. The first-order valence-electron chi connectivity index (χ1n) is 7.29. The Morgan fingerprint density at radius 3 is 3.15 bits per heavy atom. The van der Waals surface area contributed by atoms with Crippen LogP contribution in [0.25, 0.3) is 0 Å². The minimum absolute atomic E-state index is 0.264. The van der Waals surface area contributed by atoms with E-state index in [0.29, 0.717) is 19.1 Å². The van der Waals surface area contributed by atoms with E-state index in [0.717, 1.165) is 31.9 Å². The fourth-order valence-electron chi connectivity index (χ4n) is 2.49. The van der Waals surface area contributed by atoms with Gasteiger partial charge in [-0.15, -0.1) is 0 Å². The molecule has 0 spiro atoms. The van der Waals surface area contributed by atoms with Crippen molar-refractivity contribution in [3.63, 3.8) is 0 Å². The molecule has 1 aliphatic heterocycles. The number of ether oxygens (including phenoxy) is 1. The molecule has 2 unspecified atom stereocenters. The van der Waals surface area contributed by atoms with Gasteiger partial charge in [0.2, 0.25) is 0 Å². The molecule has 112 valence electrons. The fraction of sp³-hybridized carbons (Fsp3) is 0.667. The monoisotopic (exact) mass is 279 g/mol. The van der Waals surface area contributed by atoms with E-state index in [1.807, 2.05) is 12.3 Å². The molecule has 0 amide bonds. The molecule has 0 radical (unpaired) electrons. The normalized spacial score (nSPS) is 23.1. The first-order valence-corrected chi connectivity index (χ1v) is 7.29. The lowest BCUT2D eigenvalue weighted by Crippen LogP contribution is -2.43. The molecule has 1 aliphatic rings. The number of hydrogen-bond donors (Lipinski definition) is 2. The van der Waals surface area contributed by atoms with Gasteiger partial charge in [0.25, 0.3) is 0 Å². The van der Waals surface area contributed by atoms with Crippen LogP contribution in [0.5, 0.6) is 0 Å². The average Bonchev–Trinajstić information content (AvgIpc) is 2.47. The highest BCUT2D eigenvalue weighted by Gasteiger charge is 2.26. The van der Waals surface area contributed by atoms with E-state index in [-0.39, 0.29) is 6.10 Å². The second-order valence-electron chi connectivity index (χ2n) is 5.44. The summed E-state index contributed by atoms with van der Waals surface area (Å²) in [6.07, 6.45) is 2.56. The number of piperidine rings is 1. The van der Waals surface area contributed by atoms with E-state index in [1.54, 1.807) is 7.11 Å². The second kappa shape index (κ2) is 7.57. The standard InChI is InChI=1S/C15H25N3O2/c1-12-5-8-18(11-14(12)19)15-13(4-3-6-17-15)10-16-7-9-20-2/h3-4,6,12,14,16,19H,5,7-11H2,1-2H3. The first-order chi connectivity index (χ1) is 9.72. The Labute approximate surface area is 121 Å². The molecule has 1 fully saturated rings. The van der Waals surface area contributed by atoms with Gasteiger partial charge in [-0.2, -0.15) is 0 Å².